The number of carbonyl (C=O) groups is 1. The van der Waals surface area contributed by atoms with E-state index in [4.69, 9.17) is 10.5 Å². The summed E-state index contributed by atoms with van der Waals surface area (Å²) in [6, 6.07) is 0. The third-order valence-electron chi connectivity index (χ3n) is 3.45. The van der Waals surface area contributed by atoms with E-state index in [-0.39, 0.29) is 35.8 Å². The molecule has 0 fully saturated rings. The SMILES string of the molecule is COCCn1c(N)c(C(=O)CSc2nnnn2C(C)(C)C)c(=O)[nH]c1=O. The number of aromatic nitrogens is 6. The van der Waals surface area contributed by atoms with E-state index >= 15 is 0 Å². The third-order valence-corrected chi connectivity index (χ3v) is 4.37. The summed E-state index contributed by atoms with van der Waals surface area (Å²) >= 11 is 1.09. The summed E-state index contributed by atoms with van der Waals surface area (Å²) in [6.45, 7) is 6.09. The number of rotatable bonds is 7. The summed E-state index contributed by atoms with van der Waals surface area (Å²) in [5, 5.41) is 11.8. The lowest BCUT2D eigenvalue weighted by Gasteiger charge is -2.19. The van der Waals surface area contributed by atoms with Crippen molar-refractivity contribution in [2.45, 2.75) is 38.0 Å². The highest BCUT2D eigenvalue weighted by Gasteiger charge is 2.23. The number of thioether (sulfide) groups is 1. The van der Waals surface area contributed by atoms with Crippen LogP contribution < -0.4 is 17.0 Å². The van der Waals surface area contributed by atoms with Gasteiger partial charge in [0.05, 0.1) is 24.4 Å². The molecule has 2 rings (SSSR count). The lowest BCUT2D eigenvalue weighted by atomic mass is 10.1. The molecule has 0 aliphatic carbocycles. The molecule has 26 heavy (non-hydrogen) atoms. The molecule has 0 atom stereocenters. The summed E-state index contributed by atoms with van der Waals surface area (Å²) in [7, 11) is 1.47. The van der Waals surface area contributed by atoms with E-state index in [0.29, 0.717) is 5.16 Å². The van der Waals surface area contributed by atoms with Gasteiger partial charge in [-0.15, -0.1) is 5.10 Å². The average molecular weight is 383 g/mol. The summed E-state index contributed by atoms with van der Waals surface area (Å²) in [4.78, 5) is 38.6. The maximum absolute atomic E-state index is 12.5. The number of aromatic amines is 1. The van der Waals surface area contributed by atoms with E-state index in [1.54, 1.807) is 4.68 Å². The van der Waals surface area contributed by atoms with Gasteiger partial charge in [-0.25, -0.2) is 9.48 Å². The zero-order valence-electron chi connectivity index (χ0n) is 15.0. The predicted molar refractivity (Wildman–Crippen MR) is 95.5 cm³/mol. The second-order valence-corrected chi connectivity index (χ2v) is 7.36. The first-order valence-electron chi connectivity index (χ1n) is 7.73. The van der Waals surface area contributed by atoms with Gasteiger partial charge in [0, 0.05) is 7.11 Å². The minimum absolute atomic E-state index is 0.105. The van der Waals surface area contributed by atoms with E-state index in [1.165, 1.54) is 7.11 Å². The Kier molecular flexibility index (Phi) is 5.97. The number of ether oxygens (including phenoxy) is 1. The molecule has 0 saturated heterocycles. The second-order valence-electron chi connectivity index (χ2n) is 6.42. The summed E-state index contributed by atoms with van der Waals surface area (Å²) in [5.74, 6) is -0.813. The van der Waals surface area contributed by atoms with Crippen LogP contribution in [0.25, 0.3) is 0 Å². The number of hydrogen-bond donors (Lipinski definition) is 2. The number of Topliss-reactive ketones (excluding diaryl/α,β-unsaturated/α-hetero) is 1. The Bertz CT molecular complexity index is 909. The fourth-order valence-electron chi connectivity index (χ4n) is 2.15. The standard InChI is InChI=1S/C14H21N7O4S/c1-14(2,3)21-13(17-18-19-21)26-7-8(22)9-10(15)20(5-6-25-4)12(24)16-11(9)23/h5-7,15H2,1-4H3,(H,16,23,24). The molecule has 142 valence electrons. The molecule has 11 nitrogen and oxygen atoms in total. The van der Waals surface area contributed by atoms with E-state index in [9.17, 15) is 14.4 Å². The molecule has 0 unspecified atom stereocenters. The van der Waals surface area contributed by atoms with Crippen LogP contribution in [-0.4, -0.2) is 55.0 Å². The summed E-state index contributed by atoms with van der Waals surface area (Å²) in [5.41, 5.74) is 3.76. The van der Waals surface area contributed by atoms with Crippen LogP contribution in [0, 0.1) is 0 Å². The van der Waals surface area contributed by atoms with Crippen molar-refractivity contribution in [3.63, 3.8) is 0 Å². The number of tetrazole rings is 1. The number of nitrogens with two attached hydrogens (primary N) is 1. The van der Waals surface area contributed by atoms with Gasteiger partial charge in [-0.3, -0.25) is 19.1 Å². The van der Waals surface area contributed by atoms with Gasteiger partial charge >= 0.3 is 5.69 Å². The highest BCUT2D eigenvalue weighted by atomic mass is 32.2. The number of carbonyl (C=O) groups excluding carboxylic acids is 1. The normalized spacial score (nSPS) is 11.7. The molecule has 2 aromatic heterocycles. The Labute approximate surface area is 152 Å². The van der Waals surface area contributed by atoms with E-state index in [2.05, 4.69) is 20.5 Å². The van der Waals surface area contributed by atoms with Crippen LogP contribution in [-0.2, 0) is 16.8 Å². The van der Waals surface area contributed by atoms with Gasteiger partial charge < -0.3 is 10.5 Å². The molecule has 0 aliphatic heterocycles. The topological polar surface area (TPSA) is 151 Å². The highest BCUT2D eigenvalue weighted by molar-refractivity contribution is 7.99. The van der Waals surface area contributed by atoms with E-state index in [1.807, 2.05) is 20.8 Å². The van der Waals surface area contributed by atoms with Crippen LogP contribution in [0.3, 0.4) is 0 Å². The smallest absolute Gasteiger partial charge is 0.330 e. The molecular formula is C14H21N7O4S. The summed E-state index contributed by atoms with van der Waals surface area (Å²) in [6.07, 6.45) is 0. The molecular weight excluding hydrogens is 362 g/mol. The first-order valence-corrected chi connectivity index (χ1v) is 8.71. The van der Waals surface area contributed by atoms with Gasteiger partial charge in [0.2, 0.25) is 5.16 Å². The van der Waals surface area contributed by atoms with Crippen molar-refractivity contribution in [1.29, 1.82) is 0 Å². The van der Waals surface area contributed by atoms with Crippen LogP contribution in [0.2, 0.25) is 0 Å². The third kappa shape index (κ3) is 4.19. The van der Waals surface area contributed by atoms with Gasteiger partial charge in [-0.2, -0.15) is 0 Å². The zero-order chi connectivity index (χ0) is 19.5. The molecule has 2 aromatic rings. The largest absolute Gasteiger partial charge is 0.384 e. The first kappa shape index (κ1) is 19.8. The van der Waals surface area contributed by atoms with Crippen molar-refractivity contribution in [3.8, 4) is 0 Å². The summed E-state index contributed by atoms with van der Waals surface area (Å²) < 4.78 is 7.59. The Balaban J connectivity index is 2.27. The number of nitrogens with zero attached hydrogens (tertiary/aromatic N) is 5. The fourth-order valence-corrected chi connectivity index (χ4v) is 3.09. The minimum atomic E-state index is -0.817. The molecule has 3 N–H and O–H groups in total. The van der Waals surface area contributed by atoms with Crippen molar-refractivity contribution in [3.05, 3.63) is 26.4 Å². The minimum Gasteiger partial charge on any atom is -0.384 e. The average Bonchev–Trinajstić information content (AvgIpc) is 3.01. The maximum atomic E-state index is 12.5. The molecule has 0 bridgehead atoms. The van der Waals surface area contributed by atoms with Crippen molar-refractivity contribution in [2.75, 3.05) is 25.2 Å². The lowest BCUT2D eigenvalue weighted by molar-refractivity contribution is 0.102. The van der Waals surface area contributed by atoms with Crippen LogP contribution in [0.4, 0.5) is 5.82 Å². The van der Waals surface area contributed by atoms with E-state index in [0.717, 1.165) is 16.3 Å². The zero-order valence-corrected chi connectivity index (χ0v) is 15.8. The monoisotopic (exact) mass is 383 g/mol. The molecule has 0 radical (unpaired) electrons. The first-order chi connectivity index (χ1) is 12.2. The number of anilines is 1. The molecule has 0 spiro atoms. The maximum Gasteiger partial charge on any atom is 0.330 e. The number of nitrogens with one attached hydrogen (secondary N) is 1. The number of ketones is 1. The van der Waals surface area contributed by atoms with Crippen LogP contribution in [0.5, 0.6) is 0 Å². The molecule has 0 aromatic carbocycles. The number of H-pyrrole nitrogens is 1. The number of hydrogen-bond acceptors (Lipinski definition) is 9. The van der Waals surface area contributed by atoms with Gasteiger partial charge in [0.1, 0.15) is 11.4 Å². The Hall–Kier alpha value is -2.47. The van der Waals surface area contributed by atoms with Gasteiger partial charge in [-0.1, -0.05) is 11.8 Å². The quantitative estimate of drug-likeness (QED) is 0.475. The lowest BCUT2D eigenvalue weighted by Crippen LogP contribution is -2.37. The molecule has 12 heteroatoms. The predicted octanol–water partition coefficient (Wildman–Crippen LogP) is -0.518. The molecule has 0 saturated carbocycles. The van der Waals surface area contributed by atoms with Gasteiger partial charge in [0.15, 0.2) is 5.78 Å². The van der Waals surface area contributed by atoms with Gasteiger partial charge in [0.25, 0.3) is 5.56 Å². The van der Waals surface area contributed by atoms with Crippen LogP contribution >= 0.6 is 11.8 Å². The van der Waals surface area contributed by atoms with Gasteiger partial charge in [-0.05, 0) is 31.2 Å². The number of methoxy groups -OCH3 is 1. The van der Waals surface area contributed by atoms with Crippen molar-refractivity contribution >= 4 is 23.4 Å². The fraction of sp³-hybridized carbons (Fsp3) is 0.571. The Morgan fingerprint density at radius 1 is 1.35 bits per heavy atom. The molecule has 2 heterocycles. The highest BCUT2D eigenvalue weighted by Crippen LogP contribution is 2.22. The van der Waals surface area contributed by atoms with Crippen LogP contribution in [0.1, 0.15) is 31.1 Å². The molecule has 0 aliphatic rings. The van der Waals surface area contributed by atoms with Crippen molar-refractivity contribution in [2.24, 2.45) is 0 Å². The molecule has 0 amide bonds. The van der Waals surface area contributed by atoms with E-state index < -0.39 is 17.0 Å². The van der Waals surface area contributed by atoms with Crippen molar-refractivity contribution < 1.29 is 9.53 Å². The Morgan fingerprint density at radius 2 is 2.04 bits per heavy atom. The van der Waals surface area contributed by atoms with Crippen LogP contribution in [0.15, 0.2) is 14.7 Å². The number of nitrogen functional groups attached to an aromatic ring is 1. The second kappa shape index (κ2) is 7.83. The Morgan fingerprint density at radius 3 is 2.65 bits per heavy atom. The van der Waals surface area contributed by atoms with Crippen molar-refractivity contribution in [1.82, 2.24) is 29.8 Å².